The molecule has 1 atom stereocenters. The molecule has 1 aliphatic heterocycles. The van der Waals surface area contributed by atoms with E-state index in [1.807, 2.05) is 13.8 Å². The molecule has 7 heteroatoms. The minimum Gasteiger partial charge on any atom is -0.469 e. The van der Waals surface area contributed by atoms with Crippen molar-refractivity contribution in [1.82, 2.24) is 10.2 Å². The lowest BCUT2D eigenvalue weighted by atomic mass is 9.98. The maximum Gasteiger partial charge on any atom is 0.310 e. The quantitative estimate of drug-likeness (QED) is 0.312. The van der Waals surface area contributed by atoms with Crippen LogP contribution in [0.5, 0.6) is 0 Å². The van der Waals surface area contributed by atoms with Gasteiger partial charge in [-0.25, -0.2) is 0 Å². The highest BCUT2D eigenvalue weighted by atomic mass is 16.5. The number of nitrogens with one attached hydrogen (secondary N) is 1. The van der Waals surface area contributed by atoms with Crippen molar-refractivity contribution in [3.8, 4) is 0 Å². The average molecular weight is 341 g/mol. The minimum atomic E-state index is -0.181. The second kappa shape index (κ2) is 11.7. The van der Waals surface area contributed by atoms with E-state index in [9.17, 15) is 9.59 Å². The highest BCUT2D eigenvalue weighted by Gasteiger charge is 2.28. The van der Waals surface area contributed by atoms with Crippen LogP contribution in [0, 0.1) is 5.92 Å². The molecular weight excluding hydrogens is 310 g/mol. The molecule has 1 fully saturated rings. The van der Waals surface area contributed by atoms with E-state index in [4.69, 9.17) is 4.74 Å². The Morgan fingerprint density at radius 1 is 1.29 bits per heavy atom. The van der Waals surface area contributed by atoms with Gasteiger partial charge in [0.1, 0.15) is 0 Å². The van der Waals surface area contributed by atoms with Crippen molar-refractivity contribution in [2.75, 3.05) is 39.9 Å². The minimum absolute atomic E-state index is 0.0816. The summed E-state index contributed by atoms with van der Waals surface area (Å²) in [6.07, 6.45) is 3.85. The number of methoxy groups -OCH3 is 1. The monoisotopic (exact) mass is 341 g/mol. The Hall–Kier alpha value is -1.79. The summed E-state index contributed by atoms with van der Waals surface area (Å²) in [5.41, 5.74) is 0. The molecule has 7 nitrogen and oxygen atoms in total. The maximum absolute atomic E-state index is 12.0. The lowest BCUT2D eigenvalue weighted by molar-refractivity contribution is -0.149. The summed E-state index contributed by atoms with van der Waals surface area (Å²) in [5, 5.41) is 3.29. The van der Waals surface area contributed by atoms with Gasteiger partial charge >= 0.3 is 11.9 Å². The van der Waals surface area contributed by atoms with Crippen molar-refractivity contribution in [3.05, 3.63) is 0 Å². The van der Waals surface area contributed by atoms with Crippen LogP contribution in [0.2, 0.25) is 0 Å². The number of aliphatic imine (C=N–C) groups is 1. The van der Waals surface area contributed by atoms with E-state index in [1.165, 1.54) is 7.11 Å². The van der Waals surface area contributed by atoms with Crippen molar-refractivity contribution in [1.29, 1.82) is 0 Å². The summed E-state index contributed by atoms with van der Waals surface area (Å²) in [6.45, 7) is 7.25. The third-order valence-electron chi connectivity index (χ3n) is 3.95. The van der Waals surface area contributed by atoms with Gasteiger partial charge in [-0.15, -0.1) is 0 Å². The first kappa shape index (κ1) is 20.3. The maximum atomic E-state index is 12.0. The Bertz CT molecular complexity index is 426. The molecule has 0 amide bonds. The standard InChI is InChI=1S/C17H31N3O4/c1-4-18-17(19-11-7-6-10-15(21)23-3)20-12-8-9-14(13-20)16(22)24-5-2/h14H,4-13H2,1-3H3,(H,18,19). The summed E-state index contributed by atoms with van der Waals surface area (Å²) in [5.74, 6) is 0.460. The zero-order chi connectivity index (χ0) is 17.8. The molecular formula is C17H31N3O4. The number of hydrogen-bond acceptors (Lipinski definition) is 5. The van der Waals surface area contributed by atoms with Crippen LogP contribution in [-0.4, -0.2) is 62.7 Å². The van der Waals surface area contributed by atoms with Crippen molar-refractivity contribution in [2.24, 2.45) is 10.9 Å². The summed E-state index contributed by atoms with van der Waals surface area (Å²) in [4.78, 5) is 29.8. The van der Waals surface area contributed by atoms with Crippen LogP contribution < -0.4 is 5.32 Å². The lowest BCUT2D eigenvalue weighted by Crippen LogP contribution is -2.48. The Labute approximate surface area is 144 Å². The fourth-order valence-corrected chi connectivity index (χ4v) is 2.72. The number of guanidine groups is 1. The molecule has 24 heavy (non-hydrogen) atoms. The van der Waals surface area contributed by atoms with Gasteiger partial charge in [-0.1, -0.05) is 0 Å². The number of nitrogens with zero attached hydrogens (tertiary/aromatic N) is 2. The summed E-state index contributed by atoms with van der Waals surface area (Å²) < 4.78 is 9.77. The molecule has 1 saturated heterocycles. The number of piperidine rings is 1. The second-order valence-electron chi connectivity index (χ2n) is 5.81. The van der Waals surface area contributed by atoms with Gasteiger partial charge in [-0.3, -0.25) is 14.6 Å². The van der Waals surface area contributed by atoms with Crippen LogP contribution in [-0.2, 0) is 19.1 Å². The van der Waals surface area contributed by atoms with E-state index in [2.05, 4.69) is 19.9 Å². The first-order valence-electron chi connectivity index (χ1n) is 8.89. The number of esters is 2. The number of carbonyl (C=O) groups is 2. The van der Waals surface area contributed by atoms with Gasteiger partial charge in [-0.2, -0.15) is 0 Å². The second-order valence-corrected chi connectivity index (χ2v) is 5.81. The number of carbonyl (C=O) groups excluding carboxylic acids is 2. The fourth-order valence-electron chi connectivity index (χ4n) is 2.72. The van der Waals surface area contributed by atoms with Gasteiger partial charge in [0.05, 0.1) is 19.6 Å². The third kappa shape index (κ3) is 7.19. The zero-order valence-corrected chi connectivity index (χ0v) is 15.2. The molecule has 0 radical (unpaired) electrons. The fraction of sp³-hybridized carbons (Fsp3) is 0.824. The van der Waals surface area contributed by atoms with Crippen LogP contribution in [0.25, 0.3) is 0 Å². The number of hydrogen-bond donors (Lipinski definition) is 1. The molecule has 0 saturated carbocycles. The van der Waals surface area contributed by atoms with E-state index in [1.54, 1.807) is 0 Å². The molecule has 0 aromatic carbocycles. The molecule has 0 aromatic heterocycles. The molecule has 0 aliphatic carbocycles. The number of likely N-dealkylation sites (tertiary alicyclic amines) is 1. The summed E-state index contributed by atoms with van der Waals surface area (Å²) in [7, 11) is 1.40. The van der Waals surface area contributed by atoms with Crippen molar-refractivity contribution in [2.45, 2.75) is 46.0 Å². The third-order valence-corrected chi connectivity index (χ3v) is 3.95. The molecule has 0 bridgehead atoms. The first-order chi connectivity index (χ1) is 11.6. The van der Waals surface area contributed by atoms with Gasteiger partial charge in [-0.05, 0) is 39.5 Å². The Morgan fingerprint density at radius 2 is 2.08 bits per heavy atom. The predicted octanol–water partition coefficient (Wildman–Crippen LogP) is 1.57. The zero-order valence-electron chi connectivity index (χ0n) is 15.2. The van der Waals surface area contributed by atoms with Crippen LogP contribution in [0.15, 0.2) is 4.99 Å². The number of rotatable bonds is 8. The molecule has 138 valence electrons. The Kier molecular flexibility index (Phi) is 9.88. The molecule has 1 aliphatic rings. The molecule has 1 heterocycles. The van der Waals surface area contributed by atoms with Crippen molar-refractivity contribution >= 4 is 17.9 Å². The first-order valence-corrected chi connectivity index (χ1v) is 8.89. The predicted molar refractivity (Wildman–Crippen MR) is 92.8 cm³/mol. The van der Waals surface area contributed by atoms with E-state index in [0.29, 0.717) is 26.1 Å². The molecule has 0 aromatic rings. The number of ether oxygens (including phenoxy) is 2. The lowest BCUT2D eigenvalue weighted by Gasteiger charge is -2.34. The highest BCUT2D eigenvalue weighted by molar-refractivity contribution is 5.81. The largest absolute Gasteiger partial charge is 0.469 e. The Balaban J connectivity index is 2.51. The normalized spacial score (nSPS) is 18.2. The van der Waals surface area contributed by atoms with Crippen molar-refractivity contribution in [3.63, 3.8) is 0 Å². The van der Waals surface area contributed by atoms with Gasteiger partial charge in [0, 0.05) is 32.6 Å². The van der Waals surface area contributed by atoms with Gasteiger partial charge in [0.25, 0.3) is 0 Å². The molecule has 0 spiro atoms. The number of unbranched alkanes of at least 4 members (excludes halogenated alkanes) is 1. The SMILES string of the molecule is CCNC(=NCCCCC(=O)OC)N1CCCC(C(=O)OCC)C1. The van der Waals surface area contributed by atoms with Crippen LogP contribution in [0.4, 0.5) is 0 Å². The van der Waals surface area contributed by atoms with Gasteiger partial charge in [0.2, 0.25) is 0 Å². The van der Waals surface area contributed by atoms with E-state index >= 15 is 0 Å². The molecule has 1 rings (SSSR count). The summed E-state index contributed by atoms with van der Waals surface area (Å²) in [6, 6.07) is 0. The smallest absolute Gasteiger partial charge is 0.310 e. The summed E-state index contributed by atoms with van der Waals surface area (Å²) >= 11 is 0. The van der Waals surface area contributed by atoms with Crippen LogP contribution >= 0.6 is 0 Å². The highest BCUT2D eigenvalue weighted by Crippen LogP contribution is 2.18. The van der Waals surface area contributed by atoms with Crippen LogP contribution in [0.1, 0.15) is 46.0 Å². The van der Waals surface area contributed by atoms with Crippen LogP contribution in [0.3, 0.4) is 0 Å². The van der Waals surface area contributed by atoms with Gasteiger partial charge in [0.15, 0.2) is 5.96 Å². The topological polar surface area (TPSA) is 80.2 Å². The molecule has 1 N–H and O–H groups in total. The Morgan fingerprint density at radius 3 is 2.75 bits per heavy atom. The van der Waals surface area contributed by atoms with E-state index < -0.39 is 0 Å². The van der Waals surface area contributed by atoms with Gasteiger partial charge < -0.3 is 19.7 Å². The molecule has 1 unspecified atom stereocenters. The van der Waals surface area contributed by atoms with Crippen molar-refractivity contribution < 1.29 is 19.1 Å². The van der Waals surface area contributed by atoms with E-state index in [0.717, 1.165) is 44.7 Å². The van der Waals surface area contributed by atoms with E-state index in [-0.39, 0.29) is 17.9 Å². The average Bonchev–Trinajstić information content (AvgIpc) is 2.60.